The first-order chi connectivity index (χ1) is 16.6. The molecule has 1 N–H and O–H groups in total. The molecule has 0 spiro atoms. The van der Waals surface area contributed by atoms with Crippen LogP contribution < -0.4 is 5.32 Å². The number of benzene rings is 3. The average molecular weight is 521 g/mol. The fourth-order valence-corrected chi connectivity index (χ4v) is 4.76. The summed E-state index contributed by atoms with van der Waals surface area (Å²) in [5.74, 6) is -2.11. The van der Waals surface area contributed by atoms with Crippen LogP contribution in [0.2, 0.25) is 10.0 Å². The average Bonchev–Trinajstić information content (AvgIpc) is 3.28. The van der Waals surface area contributed by atoms with Gasteiger partial charge in [0.1, 0.15) is 0 Å². The van der Waals surface area contributed by atoms with Gasteiger partial charge in [-0.3, -0.25) is 9.59 Å². The standard InChI is InChI=1S/C26H21Cl2F3N2O2/c27-19-9-10-20(23(28)12-19)25(35)33-14-21(17-7-4-8-18(11-17)26(29,30)31)22(15-33)24(34)32-13-16-5-2-1-3-6-16/h1-12,21-22H,13-15H2,(H,32,34)/t21-,22+/m0/s1. The third-order valence-corrected chi connectivity index (χ3v) is 6.60. The van der Waals surface area contributed by atoms with E-state index in [1.165, 1.54) is 29.2 Å². The summed E-state index contributed by atoms with van der Waals surface area (Å²) in [7, 11) is 0. The van der Waals surface area contributed by atoms with Gasteiger partial charge in [0, 0.05) is 30.6 Å². The predicted octanol–water partition coefficient (Wildman–Crippen LogP) is 6.18. The van der Waals surface area contributed by atoms with Gasteiger partial charge in [0.15, 0.2) is 0 Å². The molecule has 3 aromatic rings. The molecule has 0 saturated carbocycles. The van der Waals surface area contributed by atoms with E-state index in [9.17, 15) is 22.8 Å². The fraction of sp³-hybridized carbons (Fsp3) is 0.231. The number of hydrogen-bond acceptors (Lipinski definition) is 2. The molecule has 9 heteroatoms. The van der Waals surface area contributed by atoms with E-state index in [4.69, 9.17) is 23.2 Å². The molecule has 1 heterocycles. The second-order valence-electron chi connectivity index (χ2n) is 8.37. The number of hydrogen-bond donors (Lipinski definition) is 1. The second kappa shape index (κ2) is 10.3. The van der Waals surface area contributed by atoms with Crippen molar-refractivity contribution in [1.82, 2.24) is 10.2 Å². The Hall–Kier alpha value is -3.03. The Balaban J connectivity index is 1.62. The van der Waals surface area contributed by atoms with Crippen molar-refractivity contribution in [3.8, 4) is 0 Å². The molecule has 4 nitrogen and oxygen atoms in total. The van der Waals surface area contributed by atoms with Gasteiger partial charge in [-0.2, -0.15) is 13.2 Å². The van der Waals surface area contributed by atoms with Gasteiger partial charge in [-0.15, -0.1) is 0 Å². The Kier molecular flexibility index (Phi) is 7.38. The summed E-state index contributed by atoms with van der Waals surface area (Å²) >= 11 is 12.1. The number of nitrogens with zero attached hydrogens (tertiary/aromatic N) is 1. The number of rotatable bonds is 5. The Labute approximate surface area is 210 Å². The Morgan fingerprint density at radius 3 is 2.37 bits per heavy atom. The van der Waals surface area contributed by atoms with Crippen LogP contribution >= 0.6 is 23.2 Å². The van der Waals surface area contributed by atoms with Gasteiger partial charge < -0.3 is 10.2 Å². The lowest BCUT2D eigenvalue weighted by molar-refractivity contribution is -0.137. The summed E-state index contributed by atoms with van der Waals surface area (Å²) in [6.45, 7) is 0.379. The van der Waals surface area contributed by atoms with Crippen molar-refractivity contribution in [2.45, 2.75) is 18.6 Å². The van der Waals surface area contributed by atoms with E-state index < -0.39 is 29.5 Å². The van der Waals surface area contributed by atoms with Gasteiger partial charge in [-0.25, -0.2) is 0 Å². The third-order valence-electron chi connectivity index (χ3n) is 6.06. The van der Waals surface area contributed by atoms with Crippen LogP contribution in [0.25, 0.3) is 0 Å². The molecule has 4 rings (SSSR count). The molecule has 1 saturated heterocycles. The van der Waals surface area contributed by atoms with Crippen molar-refractivity contribution in [2.75, 3.05) is 13.1 Å². The maximum atomic E-state index is 13.4. The van der Waals surface area contributed by atoms with Gasteiger partial charge in [0.25, 0.3) is 5.91 Å². The van der Waals surface area contributed by atoms with Crippen molar-refractivity contribution in [1.29, 1.82) is 0 Å². The van der Waals surface area contributed by atoms with Crippen LogP contribution in [0.3, 0.4) is 0 Å². The zero-order chi connectivity index (χ0) is 25.2. The molecule has 2 amide bonds. The van der Waals surface area contributed by atoms with E-state index in [0.717, 1.165) is 17.7 Å². The Morgan fingerprint density at radius 2 is 1.69 bits per heavy atom. The lowest BCUT2D eigenvalue weighted by atomic mass is 9.87. The monoisotopic (exact) mass is 520 g/mol. The fourth-order valence-electron chi connectivity index (χ4n) is 4.27. The lowest BCUT2D eigenvalue weighted by Crippen LogP contribution is -2.35. The molecule has 1 aliphatic heterocycles. The number of carbonyl (C=O) groups is 2. The second-order valence-corrected chi connectivity index (χ2v) is 9.22. The van der Waals surface area contributed by atoms with Crippen molar-refractivity contribution in [3.63, 3.8) is 0 Å². The first-order valence-electron chi connectivity index (χ1n) is 10.9. The van der Waals surface area contributed by atoms with Crippen molar-refractivity contribution >= 4 is 35.0 Å². The summed E-state index contributed by atoms with van der Waals surface area (Å²) in [5.41, 5.74) is 0.640. The van der Waals surface area contributed by atoms with Crippen molar-refractivity contribution < 1.29 is 22.8 Å². The molecule has 182 valence electrons. The van der Waals surface area contributed by atoms with Crippen LogP contribution in [0.1, 0.15) is 33.0 Å². The maximum Gasteiger partial charge on any atom is 0.416 e. The molecule has 0 unspecified atom stereocenters. The van der Waals surface area contributed by atoms with E-state index >= 15 is 0 Å². The highest BCUT2D eigenvalue weighted by atomic mass is 35.5. The van der Waals surface area contributed by atoms with Crippen LogP contribution in [0.15, 0.2) is 72.8 Å². The summed E-state index contributed by atoms with van der Waals surface area (Å²) in [5, 5.41) is 3.39. The minimum Gasteiger partial charge on any atom is -0.352 e. The number of alkyl halides is 3. The first-order valence-corrected chi connectivity index (χ1v) is 11.6. The highest BCUT2D eigenvalue weighted by Gasteiger charge is 2.41. The minimum atomic E-state index is -4.52. The number of carbonyl (C=O) groups excluding carboxylic acids is 2. The predicted molar refractivity (Wildman–Crippen MR) is 128 cm³/mol. The SMILES string of the molecule is O=C(NCc1ccccc1)[C@@H]1CN(C(=O)c2ccc(Cl)cc2Cl)C[C@H]1c1cccc(C(F)(F)F)c1. The highest BCUT2D eigenvalue weighted by Crippen LogP contribution is 2.37. The first kappa shape index (κ1) is 25.1. The molecule has 35 heavy (non-hydrogen) atoms. The molecular weight excluding hydrogens is 500 g/mol. The van der Waals surface area contributed by atoms with Gasteiger partial charge >= 0.3 is 6.18 Å². The van der Waals surface area contributed by atoms with E-state index in [0.29, 0.717) is 10.6 Å². The molecule has 3 aromatic carbocycles. The van der Waals surface area contributed by atoms with Crippen LogP contribution in [0, 0.1) is 5.92 Å². The molecule has 0 radical (unpaired) electrons. The summed E-state index contributed by atoms with van der Waals surface area (Å²) in [4.78, 5) is 27.9. The van der Waals surface area contributed by atoms with Crippen LogP contribution in [-0.4, -0.2) is 29.8 Å². The number of nitrogens with one attached hydrogen (secondary N) is 1. The largest absolute Gasteiger partial charge is 0.416 e. The summed E-state index contributed by atoms with van der Waals surface area (Å²) in [6, 6.07) is 18.6. The quantitative estimate of drug-likeness (QED) is 0.436. The van der Waals surface area contributed by atoms with Gasteiger partial charge in [0.2, 0.25) is 5.91 Å². The maximum absolute atomic E-state index is 13.4. The zero-order valence-electron chi connectivity index (χ0n) is 18.4. The van der Waals surface area contributed by atoms with Crippen molar-refractivity contribution in [3.05, 3.63) is 105 Å². The molecule has 1 aliphatic rings. The number of amides is 2. The van der Waals surface area contributed by atoms with E-state index in [1.54, 1.807) is 6.07 Å². The van der Waals surface area contributed by atoms with Crippen molar-refractivity contribution in [2.24, 2.45) is 5.92 Å². The van der Waals surface area contributed by atoms with E-state index in [-0.39, 0.29) is 36.1 Å². The molecule has 1 fully saturated rings. The molecule has 2 atom stereocenters. The normalized spacial score (nSPS) is 17.9. The van der Waals surface area contributed by atoms with E-state index in [1.807, 2.05) is 30.3 Å². The lowest BCUT2D eigenvalue weighted by Gasteiger charge is -2.19. The number of likely N-dealkylation sites (tertiary alicyclic amines) is 1. The van der Waals surface area contributed by atoms with Crippen LogP contribution in [0.5, 0.6) is 0 Å². The highest BCUT2D eigenvalue weighted by molar-refractivity contribution is 6.36. The molecule has 0 bridgehead atoms. The third kappa shape index (κ3) is 5.80. The van der Waals surface area contributed by atoms with Gasteiger partial charge in [0.05, 0.1) is 22.1 Å². The topological polar surface area (TPSA) is 49.4 Å². The Bertz CT molecular complexity index is 1230. The molecule has 0 aromatic heterocycles. The summed E-state index contributed by atoms with van der Waals surface area (Å²) < 4.78 is 40.1. The van der Waals surface area contributed by atoms with E-state index in [2.05, 4.69) is 5.32 Å². The molecular formula is C26H21Cl2F3N2O2. The zero-order valence-corrected chi connectivity index (χ0v) is 19.9. The number of halogens is 5. The van der Waals surface area contributed by atoms with Crippen LogP contribution in [-0.2, 0) is 17.5 Å². The van der Waals surface area contributed by atoms with Gasteiger partial charge in [-0.1, -0.05) is 71.7 Å². The Morgan fingerprint density at radius 1 is 0.943 bits per heavy atom. The van der Waals surface area contributed by atoms with Gasteiger partial charge in [-0.05, 0) is 35.4 Å². The smallest absolute Gasteiger partial charge is 0.352 e. The summed E-state index contributed by atoms with van der Waals surface area (Å²) in [6.07, 6.45) is -4.52. The minimum absolute atomic E-state index is 0.0410. The van der Waals surface area contributed by atoms with Crippen LogP contribution in [0.4, 0.5) is 13.2 Å². The molecule has 0 aliphatic carbocycles.